The second-order valence-corrected chi connectivity index (χ2v) is 9.79. The molecule has 38 heavy (non-hydrogen) atoms. The van der Waals surface area contributed by atoms with Crippen LogP contribution >= 0.6 is 0 Å². The van der Waals surface area contributed by atoms with Crippen molar-refractivity contribution in [2.24, 2.45) is 0 Å². The maximum atomic E-state index is 15.1. The SMILES string of the molecule is CCCCCCCc1ccc(CCc2ccc3c(F)c(C#Cc4ccc(C(F)(F)F)cc4)ccc3c2)cc1. The van der Waals surface area contributed by atoms with Crippen molar-refractivity contribution in [1.29, 1.82) is 0 Å². The molecule has 0 N–H and O–H groups in total. The highest BCUT2D eigenvalue weighted by Gasteiger charge is 2.29. The van der Waals surface area contributed by atoms with Gasteiger partial charge in [0.1, 0.15) is 5.82 Å². The summed E-state index contributed by atoms with van der Waals surface area (Å²) in [5.74, 6) is 5.10. The van der Waals surface area contributed by atoms with Crippen molar-refractivity contribution >= 4 is 10.8 Å². The standard InChI is InChI=1S/C34H32F4/c1-2-3-4-5-6-7-25-8-10-26(11-9-25)12-13-28-17-23-32-30(24-28)20-19-29(33(32)35)18-14-27-15-21-31(22-16-27)34(36,37)38/h8-11,15-17,19-24H,2-7,12-13H2,1H3. The molecular formula is C34H32F4. The van der Waals surface area contributed by atoms with E-state index in [0.717, 1.165) is 42.3 Å². The highest BCUT2D eigenvalue weighted by atomic mass is 19.4. The predicted octanol–water partition coefficient (Wildman–Crippen LogP) is 9.70. The number of alkyl halides is 3. The molecule has 196 valence electrons. The van der Waals surface area contributed by atoms with Gasteiger partial charge in [0.05, 0.1) is 11.1 Å². The Morgan fingerprint density at radius 3 is 1.95 bits per heavy atom. The van der Waals surface area contributed by atoms with Crippen LogP contribution in [0.5, 0.6) is 0 Å². The van der Waals surface area contributed by atoms with Gasteiger partial charge >= 0.3 is 6.18 Å². The van der Waals surface area contributed by atoms with Gasteiger partial charge in [0.15, 0.2) is 0 Å². The van der Waals surface area contributed by atoms with Gasteiger partial charge < -0.3 is 0 Å². The summed E-state index contributed by atoms with van der Waals surface area (Å²) in [6, 6.07) is 22.6. The molecule has 0 aliphatic carbocycles. The van der Waals surface area contributed by atoms with Gasteiger partial charge in [-0.2, -0.15) is 13.2 Å². The second-order valence-electron chi connectivity index (χ2n) is 9.79. The lowest BCUT2D eigenvalue weighted by Crippen LogP contribution is -2.04. The average Bonchev–Trinajstić information content (AvgIpc) is 2.92. The summed E-state index contributed by atoms with van der Waals surface area (Å²) in [5, 5.41) is 1.29. The van der Waals surface area contributed by atoms with E-state index in [4.69, 9.17) is 0 Å². The van der Waals surface area contributed by atoms with E-state index >= 15 is 4.39 Å². The molecule has 0 amide bonds. The van der Waals surface area contributed by atoms with Crippen LogP contribution in [0, 0.1) is 17.7 Å². The van der Waals surface area contributed by atoms with Gasteiger partial charge in [-0.25, -0.2) is 4.39 Å². The Morgan fingerprint density at radius 2 is 1.26 bits per heavy atom. The minimum absolute atomic E-state index is 0.218. The van der Waals surface area contributed by atoms with Gasteiger partial charge in [0.25, 0.3) is 0 Å². The third kappa shape index (κ3) is 7.48. The molecule has 0 atom stereocenters. The molecule has 0 heterocycles. The minimum Gasteiger partial charge on any atom is -0.205 e. The summed E-state index contributed by atoms with van der Waals surface area (Å²) in [6.45, 7) is 2.24. The predicted molar refractivity (Wildman–Crippen MR) is 148 cm³/mol. The molecular weight excluding hydrogens is 484 g/mol. The Labute approximate surface area is 222 Å². The summed E-state index contributed by atoms with van der Waals surface area (Å²) in [7, 11) is 0. The fourth-order valence-electron chi connectivity index (χ4n) is 4.57. The van der Waals surface area contributed by atoms with Crippen LogP contribution in [-0.4, -0.2) is 0 Å². The largest absolute Gasteiger partial charge is 0.416 e. The van der Waals surface area contributed by atoms with E-state index in [0.29, 0.717) is 10.9 Å². The van der Waals surface area contributed by atoms with Crippen LogP contribution < -0.4 is 0 Å². The molecule has 0 radical (unpaired) electrons. The second kappa shape index (κ2) is 12.8. The number of aryl methyl sites for hydroxylation is 3. The van der Waals surface area contributed by atoms with Gasteiger partial charge in [0.2, 0.25) is 0 Å². The van der Waals surface area contributed by atoms with Crippen molar-refractivity contribution in [2.75, 3.05) is 0 Å². The van der Waals surface area contributed by atoms with Gasteiger partial charge in [-0.3, -0.25) is 0 Å². The monoisotopic (exact) mass is 516 g/mol. The first-order valence-electron chi connectivity index (χ1n) is 13.3. The van der Waals surface area contributed by atoms with Crippen molar-refractivity contribution in [1.82, 2.24) is 0 Å². The topological polar surface area (TPSA) is 0 Å². The lowest BCUT2D eigenvalue weighted by Gasteiger charge is -2.07. The van der Waals surface area contributed by atoms with E-state index in [2.05, 4.69) is 43.0 Å². The molecule has 0 unspecified atom stereocenters. The van der Waals surface area contributed by atoms with E-state index in [1.54, 1.807) is 12.1 Å². The van der Waals surface area contributed by atoms with Crippen molar-refractivity contribution in [3.05, 3.63) is 118 Å². The zero-order valence-corrected chi connectivity index (χ0v) is 21.7. The highest BCUT2D eigenvalue weighted by molar-refractivity contribution is 5.85. The lowest BCUT2D eigenvalue weighted by atomic mass is 9.98. The molecule has 0 spiro atoms. The van der Waals surface area contributed by atoms with E-state index in [9.17, 15) is 13.2 Å². The average molecular weight is 517 g/mol. The third-order valence-corrected chi connectivity index (χ3v) is 6.87. The fraction of sp³-hybridized carbons (Fsp3) is 0.294. The molecule has 0 nitrogen and oxygen atoms in total. The van der Waals surface area contributed by atoms with Crippen LogP contribution in [0.1, 0.15) is 72.4 Å². The van der Waals surface area contributed by atoms with Crippen LogP contribution in [0.3, 0.4) is 0 Å². The number of fused-ring (bicyclic) bond motifs is 1. The quantitative estimate of drug-likeness (QED) is 0.118. The number of halogens is 4. The number of benzene rings is 4. The molecule has 0 aromatic heterocycles. The maximum Gasteiger partial charge on any atom is 0.416 e. The smallest absolute Gasteiger partial charge is 0.205 e. The Balaban J connectivity index is 1.37. The molecule has 4 heteroatoms. The van der Waals surface area contributed by atoms with Crippen molar-refractivity contribution in [3.8, 4) is 11.8 Å². The van der Waals surface area contributed by atoms with E-state index in [1.165, 1.54) is 55.4 Å². The Morgan fingerprint density at radius 1 is 0.632 bits per heavy atom. The lowest BCUT2D eigenvalue weighted by molar-refractivity contribution is -0.137. The van der Waals surface area contributed by atoms with E-state index < -0.39 is 17.6 Å². The van der Waals surface area contributed by atoms with E-state index in [-0.39, 0.29) is 5.56 Å². The number of rotatable bonds is 9. The van der Waals surface area contributed by atoms with Crippen LogP contribution in [0.2, 0.25) is 0 Å². The number of hydrogen-bond donors (Lipinski definition) is 0. The summed E-state index contributed by atoms with van der Waals surface area (Å²) in [6.07, 6.45) is 4.98. The summed E-state index contributed by atoms with van der Waals surface area (Å²) < 4.78 is 53.3. The summed E-state index contributed by atoms with van der Waals surface area (Å²) in [4.78, 5) is 0. The first-order chi connectivity index (χ1) is 18.3. The Kier molecular flexibility index (Phi) is 9.24. The zero-order chi connectivity index (χ0) is 27.0. The first kappa shape index (κ1) is 27.5. The van der Waals surface area contributed by atoms with Crippen molar-refractivity contribution in [2.45, 2.75) is 64.5 Å². The summed E-state index contributed by atoms with van der Waals surface area (Å²) in [5.41, 5.74) is 3.70. The van der Waals surface area contributed by atoms with E-state index in [1.807, 2.05) is 18.2 Å². The van der Waals surface area contributed by atoms with Crippen molar-refractivity contribution < 1.29 is 17.6 Å². The van der Waals surface area contributed by atoms with Crippen LogP contribution in [0.15, 0.2) is 78.9 Å². The van der Waals surface area contributed by atoms with Crippen molar-refractivity contribution in [3.63, 3.8) is 0 Å². The van der Waals surface area contributed by atoms with Gasteiger partial charge in [-0.05, 0) is 78.1 Å². The fourth-order valence-corrected chi connectivity index (χ4v) is 4.57. The number of hydrogen-bond acceptors (Lipinski definition) is 0. The van der Waals surface area contributed by atoms with Gasteiger partial charge in [-0.1, -0.05) is 93.0 Å². The van der Waals surface area contributed by atoms with Crippen LogP contribution in [0.4, 0.5) is 17.6 Å². The third-order valence-electron chi connectivity index (χ3n) is 6.87. The maximum absolute atomic E-state index is 15.1. The summed E-state index contributed by atoms with van der Waals surface area (Å²) >= 11 is 0. The molecule has 0 saturated carbocycles. The molecule has 0 bridgehead atoms. The first-order valence-corrected chi connectivity index (χ1v) is 13.3. The number of unbranched alkanes of at least 4 members (excludes halogenated alkanes) is 4. The molecule has 4 aromatic rings. The normalized spacial score (nSPS) is 11.4. The molecule has 0 aliphatic rings. The van der Waals surface area contributed by atoms with Crippen LogP contribution in [0.25, 0.3) is 10.8 Å². The molecule has 0 saturated heterocycles. The Hall–Kier alpha value is -3.58. The minimum atomic E-state index is -4.40. The van der Waals surface area contributed by atoms with Gasteiger partial charge in [0, 0.05) is 10.9 Å². The highest BCUT2D eigenvalue weighted by Crippen LogP contribution is 2.29. The zero-order valence-electron chi connectivity index (χ0n) is 21.7. The molecule has 4 aromatic carbocycles. The molecule has 0 aliphatic heterocycles. The van der Waals surface area contributed by atoms with Crippen LogP contribution in [-0.2, 0) is 25.4 Å². The Bertz CT molecular complexity index is 1400. The van der Waals surface area contributed by atoms with Gasteiger partial charge in [-0.15, -0.1) is 0 Å². The molecule has 4 rings (SSSR count). The molecule has 0 fully saturated rings.